The summed E-state index contributed by atoms with van der Waals surface area (Å²) < 4.78 is 293. The molecule has 0 spiro atoms. The number of hydrogen-bond acceptors (Lipinski definition) is 3. The van der Waals surface area contributed by atoms with Gasteiger partial charge >= 0.3 is 0 Å². The number of aromatic nitrogens is 3. The molecule has 0 radical (unpaired) electrons. The van der Waals surface area contributed by atoms with Crippen LogP contribution in [0.4, 0.5) is 0 Å². The fraction of sp³-hybridized carbons (Fsp3) is 0. The molecule has 252 valence electrons. The van der Waals surface area contributed by atoms with Crippen molar-refractivity contribution in [2.24, 2.45) is 0 Å². The Morgan fingerprint density at radius 2 is 0.519 bits per heavy atom. The molecule has 0 bridgehead atoms. The van der Waals surface area contributed by atoms with Crippen LogP contribution in [0.5, 0.6) is 0 Å². The van der Waals surface area contributed by atoms with Gasteiger partial charge in [0, 0.05) is 16.7 Å². The third-order valence-corrected chi connectivity index (χ3v) is 7.87. The highest BCUT2D eigenvalue weighted by Crippen LogP contribution is 2.38. The van der Waals surface area contributed by atoms with Crippen LogP contribution in [0.2, 0.25) is 0 Å². The average Bonchev–Trinajstić information content (AvgIpc) is 0.713. The number of fused-ring (bicyclic) bond motifs is 6. The summed E-state index contributed by atoms with van der Waals surface area (Å²) in [5, 5.41) is -3.34. The minimum absolute atomic E-state index is 0.493. The van der Waals surface area contributed by atoms with Gasteiger partial charge in [0.15, 0.2) is 17.5 Å². The van der Waals surface area contributed by atoms with Gasteiger partial charge in [-0.1, -0.05) is 187 Å². The van der Waals surface area contributed by atoms with Gasteiger partial charge in [-0.15, -0.1) is 0 Å². The molecular weight excluding hydrogens is 655 g/mol. The summed E-state index contributed by atoms with van der Waals surface area (Å²) in [6.45, 7) is 0. The maximum Gasteiger partial charge on any atom is 0.164 e. The average molecular weight is 721 g/mol. The highest BCUT2D eigenvalue weighted by molar-refractivity contribution is 6.25. The second kappa shape index (κ2) is 13.4. The van der Waals surface area contributed by atoms with Crippen LogP contribution in [0, 0.1) is 0 Å². The highest BCUT2D eigenvalue weighted by atomic mass is 15.0. The van der Waals surface area contributed by atoms with Gasteiger partial charge < -0.3 is 0 Å². The van der Waals surface area contributed by atoms with Crippen molar-refractivity contribution in [1.82, 2.24) is 15.0 Å². The Bertz CT molecular complexity index is 4750. The third-order valence-electron chi connectivity index (χ3n) is 7.87. The van der Waals surface area contributed by atoms with Gasteiger partial charge in [0.2, 0.25) is 0 Å². The molecule has 3 heteroatoms. The maximum absolute atomic E-state index is 9.70. The van der Waals surface area contributed by atoms with E-state index in [1.807, 2.05) is 0 Å². The van der Waals surface area contributed by atoms with Gasteiger partial charge in [-0.2, -0.15) is 0 Å². The van der Waals surface area contributed by atoms with E-state index in [0.29, 0.717) is 0 Å². The van der Waals surface area contributed by atoms with Crippen molar-refractivity contribution >= 4 is 32.3 Å². The first-order chi connectivity index (χ1) is 40.5. The van der Waals surface area contributed by atoms with Crippen molar-refractivity contribution in [2.45, 2.75) is 0 Å². The fourth-order valence-electron chi connectivity index (χ4n) is 5.42. The van der Waals surface area contributed by atoms with Crippen molar-refractivity contribution < 1.29 is 45.2 Å². The molecule has 0 amide bonds. The largest absolute Gasteiger partial charge is 0.208 e. The molecule has 3 nitrogen and oxygen atoms in total. The monoisotopic (exact) mass is 720 g/mol. The maximum atomic E-state index is 9.70. The normalized spacial score (nSPS) is 19.9. The molecule has 0 saturated carbocycles. The van der Waals surface area contributed by atoms with E-state index in [9.17, 15) is 11.0 Å². The molecule has 54 heavy (non-hydrogen) atoms. The zero-order valence-electron chi connectivity index (χ0n) is 59.8. The van der Waals surface area contributed by atoms with E-state index in [4.69, 9.17) is 34.3 Å². The first-order valence-corrected chi connectivity index (χ1v) is 15.6. The van der Waals surface area contributed by atoms with Crippen LogP contribution >= 0.6 is 0 Å². The number of benzene rings is 9. The number of rotatable bonds is 6. The summed E-state index contributed by atoms with van der Waals surface area (Å²) >= 11 is 0. The quantitative estimate of drug-likeness (QED) is 0.161. The molecule has 10 aromatic rings. The van der Waals surface area contributed by atoms with E-state index in [2.05, 4.69) is 15.0 Å². The lowest BCUT2D eigenvalue weighted by molar-refractivity contribution is 1.07. The lowest BCUT2D eigenvalue weighted by Crippen LogP contribution is -2.00. The van der Waals surface area contributed by atoms with E-state index in [1.165, 1.54) is 0 Å². The number of nitrogens with zero attached hydrogens (tertiary/aromatic N) is 3. The second-order valence-corrected chi connectivity index (χ2v) is 11.1. The van der Waals surface area contributed by atoms with Crippen molar-refractivity contribution in [2.75, 3.05) is 0 Å². The van der Waals surface area contributed by atoms with E-state index in [1.54, 1.807) is 0 Å². The minimum atomic E-state index is -1.17. The highest BCUT2D eigenvalue weighted by Gasteiger charge is 2.14. The molecule has 0 N–H and O–H groups in total. The topological polar surface area (TPSA) is 38.7 Å². The van der Waals surface area contributed by atoms with Gasteiger partial charge in [0.25, 0.3) is 0 Å². The molecule has 10 rings (SSSR count). The second-order valence-electron chi connectivity index (χ2n) is 11.1. The molecule has 0 fully saturated rings. The van der Waals surface area contributed by atoms with Crippen molar-refractivity contribution in [1.29, 1.82) is 0 Å². The van der Waals surface area contributed by atoms with Crippen LogP contribution in [0.25, 0.3) is 99.9 Å². The van der Waals surface area contributed by atoms with Gasteiger partial charge in [0.1, 0.15) is 0 Å². The molecule has 0 aliphatic rings. The standard InChI is InChI=1S/C51H33N3/c1-3-12-34(13-4-1)35-22-26-38(27-23-35)50-52-49(37-14-5-2-6-15-37)53-51(54-50)39-28-24-36(25-29-39)40-16-11-17-41(32-40)42-30-31-47-45-20-8-7-18-43(45)44-19-9-10-21-46(44)48(47)33-42/h1-33H/i1D,2D,3D,4D,5D,6D,7D,8D,9D,10D,11D,12D,13D,14D,15D,16D,17D,18D,19D,20D,21D,22D,23D,24D,25D,26D,27D,28D,29D,30D,31D,32D,33D. The molecule has 0 aliphatic heterocycles. The van der Waals surface area contributed by atoms with Gasteiger partial charge in [-0.25, -0.2) is 15.0 Å². The van der Waals surface area contributed by atoms with E-state index >= 15 is 0 Å². The molecule has 0 atom stereocenters. The Balaban J connectivity index is 1.28. The van der Waals surface area contributed by atoms with Gasteiger partial charge in [-0.05, 0) is 77.8 Å². The van der Waals surface area contributed by atoms with Crippen molar-refractivity contribution in [3.05, 3.63) is 199 Å². The predicted molar refractivity (Wildman–Crippen MR) is 225 cm³/mol. The van der Waals surface area contributed by atoms with Crippen LogP contribution in [-0.2, 0) is 0 Å². The summed E-state index contributed by atoms with van der Waals surface area (Å²) in [5.74, 6) is -2.83. The van der Waals surface area contributed by atoms with E-state index in [-0.39, 0.29) is 0 Å². The van der Waals surface area contributed by atoms with Crippen LogP contribution in [0.1, 0.15) is 45.2 Å². The SMILES string of the molecule is [2H]c1c([2H])c([2H])c(-c2nc(-c3c([2H])c([2H])c(-c4c([2H])c([2H])c([2H])c([2H])c4[2H])c([2H])c3[2H])nc(-c3c([2H])c([2H])c(-c4c([2H])c([2H])c([2H])c(-c5c([2H])c([2H])c6c7c([2H])c([2H])c([2H])c([2H])c7c7c([2H])c([2H])c([2H])c([2H])c7c6c5[2H])c4[2H])c([2H])c3[2H])n2)c([2H])c1[2H]. The fourth-order valence-corrected chi connectivity index (χ4v) is 5.42. The van der Waals surface area contributed by atoms with Crippen LogP contribution in [0.3, 0.4) is 0 Å². The molecule has 0 unspecified atom stereocenters. The number of hydrogen-bond donors (Lipinski definition) is 0. The molecule has 1 heterocycles. The Morgan fingerprint density at radius 3 is 1.04 bits per heavy atom. The summed E-state index contributed by atoms with van der Waals surface area (Å²) in [6, 6.07) is -32.2. The molecular formula is C51H33N3. The van der Waals surface area contributed by atoms with Gasteiger partial charge in [-0.3, -0.25) is 0 Å². The lowest BCUT2D eigenvalue weighted by Gasteiger charge is -2.13. The Hall–Kier alpha value is -7.23. The van der Waals surface area contributed by atoms with E-state index in [0.717, 1.165) is 0 Å². The predicted octanol–water partition coefficient (Wildman–Crippen LogP) is 13.3. The summed E-state index contributed by atoms with van der Waals surface area (Å²) in [5.41, 5.74) is -7.86. The smallest absolute Gasteiger partial charge is 0.164 e. The minimum Gasteiger partial charge on any atom is -0.208 e. The lowest BCUT2D eigenvalue weighted by atomic mass is 9.91. The molecule has 0 aliphatic carbocycles. The Labute approximate surface area is 360 Å². The third kappa shape index (κ3) is 5.78. The van der Waals surface area contributed by atoms with Gasteiger partial charge in [0.05, 0.1) is 45.2 Å². The first-order valence-electron chi connectivity index (χ1n) is 32.1. The van der Waals surface area contributed by atoms with Crippen LogP contribution < -0.4 is 0 Å². The van der Waals surface area contributed by atoms with Crippen molar-refractivity contribution in [3.63, 3.8) is 0 Å². The Morgan fingerprint density at radius 1 is 0.222 bits per heavy atom. The molecule has 9 aromatic carbocycles. The molecule has 1 aromatic heterocycles. The van der Waals surface area contributed by atoms with E-state index < -0.39 is 299 Å². The zero-order valence-corrected chi connectivity index (χ0v) is 26.8. The summed E-state index contributed by atoms with van der Waals surface area (Å²) in [6.07, 6.45) is 0. The summed E-state index contributed by atoms with van der Waals surface area (Å²) in [7, 11) is 0. The van der Waals surface area contributed by atoms with Crippen molar-refractivity contribution in [3.8, 4) is 67.5 Å². The van der Waals surface area contributed by atoms with Crippen LogP contribution in [0.15, 0.2) is 199 Å². The molecule has 0 saturated heterocycles. The first kappa shape index (κ1) is 12.4. The van der Waals surface area contributed by atoms with Crippen LogP contribution in [-0.4, -0.2) is 15.0 Å². The zero-order chi connectivity index (χ0) is 64.6. The summed E-state index contributed by atoms with van der Waals surface area (Å²) in [4.78, 5) is 12.6. The Kier molecular flexibility index (Phi) is 3.08.